The molecule has 2 aromatic rings. The molecule has 0 bridgehead atoms. The summed E-state index contributed by atoms with van der Waals surface area (Å²) in [6, 6.07) is 2.13. The summed E-state index contributed by atoms with van der Waals surface area (Å²) in [6.07, 6.45) is 2.94. The molecule has 0 unspecified atom stereocenters. The molecular weight excluding hydrogens is 407 g/mol. The second kappa shape index (κ2) is 5.21. The van der Waals surface area contributed by atoms with Crippen LogP contribution in [0.2, 0.25) is 0 Å². The molecule has 0 amide bonds. The van der Waals surface area contributed by atoms with Crippen LogP contribution in [0.1, 0.15) is 0 Å². The van der Waals surface area contributed by atoms with Gasteiger partial charge in [0, 0.05) is 12.3 Å². The van der Waals surface area contributed by atoms with E-state index in [9.17, 15) is 8.78 Å². The van der Waals surface area contributed by atoms with E-state index in [1.807, 2.05) is 22.6 Å². The molecular formula is C10H5BrF2IN3. The molecule has 0 aliphatic carbocycles. The van der Waals surface area contributed by atoms with Crippen LogP contribution in [0.5, 0.6) is 0 Å². The fourth-order valence-corrected chi connectivity index (χ4v) is 1.93. The summed E-state index contributed by atoms with van der Waals surface area (Å²) in [7, 11) is 0. The van der Waals surface area contributed by atoms with Gasteiger partial charge in [-0.15, -0.1) is 0 Å². The highest BCUT2D eigenvalue weighted by atomic mass is 127. The van der Waals surface area contributed by atoms with Crippen molar-refractivity contribution in [3.63, 3.8) is 0 Å². The van der Waals surface area contributed by atoms with Gasteiger partial charge < -0.3 is 5.32 Å². The van der Waals surface area contributed by atoms with Gasteiger partial charge in [0.1, 0.15) is 23.8 Å². The van der Waals surface area contributed by atoms with E-state index in [0.717, 1.165) is 9.64 Å². The van der Waals surface area contributed by atoms with Crippen LogP contribution in [0.4, 0.5) is 20.3 Å². The number of aromatic nitrogens is 2. The predicted octanol–water partition coefficient (Wildman–Crippen LogP) is 3.87. The van der Waals surface area contributed by atoms with E-state index in [2.05, 4.69) is 31.2 Å². The number of anilines is 2. The number of nitrogens with zero attached hydrogens (tertiary/aromatic N) is 2. The van der Waals surface area contributed by atoms with Gasteiger partial charge in [0.2, 0.25) is 0 Å². The average Bonchev–Trinajstić information content (AvgIpc) is 2.29. The Morgan fingerprint density at radius 3 is 2.71 bits per heavy atom. The third-order valence-corrected chi connectivity index (χ3v) is 3.33. The van der Waals surface area contributed by atoms with E-state index < -0.39 is 11.6 Å². The summed E-state index contributed by atoms with van der Waals surface area (Å²) in [6.45, 7) is 0. The zero-order valence-corrected chi connectivity index (χ0v) is 12.0. The van der Waals surface area contributed by atoms with Crippen molar-refractivity contribution in [2.24, 2.45) is 0 Å². The van der Waals surface area contributed by atoms with Gasteiger partial charge in [0.05, 0.1) is 13.7 Å². The van der Waals surface area contributed by atoms with Crippen LogP contribution < -0.4 is 5.32 Å². The Morgan fingerprint density at radius 1 is 1.24 bits per heavy atom. The van der Waals surface area contributed by atoms with Gasteiger partial charge in [-0.1, -0.05) is 0 Å². The van der Waals surface area contributed by atoms with Crippen molar-refractivity contribution in [3.8, 4) is 0 Å². The molecule has 1 aromatic heterocycles. The van der Waals surface area contributed by atoms with Crippen molar-refractivity contribution in [1.29, 1.82) is 0 Å². The number of rotatable bonds is 2. The molecule has 1 N–H and O–H groups in total. The van der Waals surface area contributed by atoms with Gasteiger partial charge in [-0.05, 0) is 44.6 Å². The number of nitrogens with one attached hydrogen (secondary N) is 1. The lowest BCUT2D eigenvalue weighted by atomic mass is 10.3. The molecule has 0 aliphatic heterocycles. The maximum absolute atomic E-state index is 13.5. The molecule has 1 heterocycles. The normalized spacial score (nSPS) is 10.4. The quantitative estimate of drug-likeness (QED) is 0.602. The van der Waals surface area contributed by atoms with Crippen molar-refractivity contribution in [1.82, 2.24) is 9.97 Å². The van der Waals surface area contributed by atoms with Crippen LogP contribution in [-0.2, 0) is 0 Å². The highest BCUT2D eigenvalue weighted by Gasteiger charge is 2.10. The summed E-state index contributed by atoms with van der Waals surface area (Å²) in [4.78, 5) is 7.78. The summed E-state index contributed by atoms with van der Waals surface area (Å²) in [5.74, 6) is -0.858. The first kappa shape index (κ1) is 12.6. The molecule has 17 heavy (non-hydrogen) atoms. The minimum atomic E-state index is -0.680. The van der Waals surface area contributed by atoms with Crippen LogP contribution >= 0.6 is 38.5 Å². The first-order valence-electron chi connectivity index (χ1n) is 4.45. The Hall–Kier alpha value is -0.830. The Morgan fingerprint density at radius 2 is 2.00 bits per heavy atom. The fraction of sp³-hybridized carbons (Fsp3) is 0. The molecule has 0 aliphatic rings. The highest BCUT2D eigenvalue weighted by molar-refractivity contribution is 14.1. The van der Waals surface area contributed by atoms with E-state index in [1.54, 1.807) is 6.20 Å². The highest BCUT2D eigenvalue weighted by Crippen LogP contribution is 2.27. The monoisotopic (exact) mass is 411 g/mol. The summed E-state index contributed by atoms with van der Waals surface area (Å²) in [5, 5.41) is 2.78. The maximum atomic E-state index is 13.5. The first-order chi connectivity index (χ1) is 8.08. The Balaban J connectivity index is 2.37. The van der Waals surface area contributed by atoms with E-state index in [1.165, 1.54) is 12.4 Å². The third kappa shape index (κ3) is 2.89. The molecule has 0 saturated heterocycles. The average molecular weight is 412 g/mol. The predicted molar refractivity (Wildman–Crippen MR) is 72.1 cm³/mol. The van der Waals surface area contributed by atoms with E-state index >= 15 is 0 Å². The minimum Gasteiger partial charge on any atom is -0.337 e. The lowest BCUT2D eigenvalue weighted by Gasteiger charge is -2.08. The smallest absolute Gasteiger partial charge is 0.149 e. The van der Waals surface area contributed by atoms with E-state index in [-0.39, 0.29) is 10.2 Å². The van der Waals surface area contributed by atoms with Crippen LogP contribution in [0.15, 0.2) is 29.1 Å². The van der Waals surface area contributed by atoms with Crippen LogP contribution in [0.25, 0.3) is 0 Å². The largest absolute Gasteiger partial charge is 0.337 e. The third-order valence-electron chi connectivity index (χ3n) is 1.93. The second-order valence-electron chi connectivity index (χ2n) is 3.09. The van der Waals surface area contributed by atoms with Crippen molar-refractivity contribution in [3.05, 3.63) is 44.3 Å². The fourth-order valence-electron chi connectivity index (χ4n) is 1.15. The lowest BCUT2D eigenvalue weighted by molar-refractivity contribution is 0.581. The molecule has 2 rings (SSSR count). The summed E-state index contributed by atoms with van der Waals surface area (Å²) < 4.78 is 27.4. The topological polar surface area (TPSA) is 37.8 Å². The molecule has 1 aromatic carbocycles. The van der Waals surface area contributed by atoms with E-state index in [0.29, 0.717) is 5.82 Å². The summed E-state index contributed by atoms with van der Waals surface area (Å²) in [5.41, 5.74) is 0.148. The van der Waals surface area contributed by atoms with Crippen LogP contribution in [0.3, 0.4) is 0 Å². The number of hydrogen-bond donors (Lipinski definition) is 1. The van der Waals surface area contributed by atoms with Gasteiger partial charge in [-0.25, -0.2) is 18.7 Å². The maximum Gasteiger partial charge on any atom is 0.149 e. The van der Waals surface area contributed by atoms with Crippen molar-refractivity contribution >= 4 is 50.0 Å². The van der Waals surface area contributed by atoms with Gasteiger partial charge >= 0.3 is 0 Å². The van der Waals surface area contributed by atoms with Crippen molar-refractivity contribution in [2.75, 3.05) is 5.32 Å². The molecule has 0 saturated carbocycles. The molecule has 0 atom stereocenters. The molecule has 0 spiro atoms. The van der Waals surface area contributed by atoms with E-state index in [4.69, 9.17) is 0 Å². The number of hydrogen-bond acceptors (Lipinski definition) is 3. The minimum absolute atomic E-state index is 0.148. The standard InChI is InChI=1S/C10H5BrF2IN3/c11-5-1-9(7(13)2-6(5)12)17-10-8(14)3-15-4-16-10/h1-4H,(H,15,16,17). The Kier molecular flexibility index (Phi) is 3.87. The van der Waals surface area contributed by atoms with Gasteiger partial charge in [-0.3, -0.25) is 0 Å². The number of benzene rings is 1. The van der Waals surface area contributed by atoms with Gasteiger partial charge in [0.25, 0.3) is 0 Å². The molecule has 0 radical (unpaired) electrons. The molecule has 3 nitrogen and oxygen atoms in total. The second-order valence-corrected chi connectivity index (χ2v) is 5.11. The van der Waals surface area contributed by atoms with Crippen molar-refractivity contribution < 1.29 is 8.78 Å². The molecule has 7 heteroatoms. The van der Waals surface area contributed by atoms with Crippen LogP contribution in [-0.4, -0.2) is 9.97 Å². The SMILES string of the molecule is Fc1cc(F)c(Nc2ncncc2I)cc1Br. The Labute approximate surface area is 118 Å². The lowest BCUT2D eigenvalue weighted by Crippen LogP contribution is -2.00. The first-order valence-corrected chi connectivity index (χ1v) is 6.32. The van der Waals surface area contributed by atoms with Gasteiger partial charge in [0.15, 0.2) is 0 Å². The van der Waals surface area contributed by atoms with Crippen molar-refractivity contribution in [2.45, 2.75) is 0 Å². The summed E-state index contributed by atoms with van der Waals surface area (Å²) >= 11 is 5.01. The Bertz CT molecular complexity index is 565. The zero-order chi connectivity index (χ0) is 12.4. The molecule has 0 fully saturated rings. The molecule has 88 valence electrons. The zero-order valence-electron chi connectivity index (χ0n) is 8.22. The van der Waals surface area contributed by atoms with Crippen LogP contribution in [0, 0.1) is 15.2 Å². The number of halogens is 4. The van der Waals surface area contributed by atoms with Gasteiger partial charge in [-0.2, -0.15) is 0 Å².